The van der Waals surface area contributed by atoms with E-state index in [-0.39, 0.29) is 11.4 Å². The minimum absolute atomic E-state index is 0.158. The van der Waals surface area contributed by atoms with E-state index in [1.54, 1.807) is 24.4 Å². The average molecular weight is 525 g/mol. The lowest BCUT2D eigenvalue weighted by Gasteiger charge is -2.35. The van der Waals surface area contributed by atoms with E-state index in [2.05, 4.69) is 35.6 Å². The first-order valence-electron chi connectivity index (χ1n) is 12.1. The van der Waals surface area contributed by atoms with E-state index in [9.17, 15) is 13.2 Å². The second kappa shape index (κ2) is 11.1. The molecule has 0 radical (unpaired) electrons. The van der Waals surface area contributed by atoms with Gasteiger partial charge in [0, 0.05) is 60.6 Å². The Hall–Kier alpha value is -4.19. The molecule has 5 rings (SSSR count). The molecule has 0 unspecified atom stereocenters. The van der Waals surface area contributed by atoms with Crippen LogP contribution < -0.4 is 20.3 Å². The summed E-state index contributed by atoms with van der Waals surface area (Å²) in [5.74, 6) is 0.875. The molecule has 4 aromatic rings. The van der Waals surface area contributed by atoms with E-state index < -0.39 is 12.4 Å². The molecule has 0 amide bonds. The van der Waals surface area contributed by atoms with Gasteiger partial charge >= 0.3 is 6.55 Å². The van der Waals surface area contributed by atoms with Crippen LogP contribution in [-0.4, -0.2) is 58.0 Å². The molecular weight excluding hydrogens is 497 g/mol. The number of aromatic nitrogens is 5. The SMILES string of the molecule is CN[C@@H]1CCCN(c2cc(Nc3ccnc(-c4c(F)cccc4OC)n3)ncc2-c2cnn(C(F)F)c2)C1. The number of nitrogens with one attached hydrogen (secondary N) is 2. The molecule has 1 saturated heterocycles. The molecule has 0 spiro atoms. The molecule has 1 aliphatic rings. The minimum atomic E-state index is -2.73. The fourth-order valence-corrected chi connectivity index (χ4v) is 4.58. The molecule has 0 saturated carbocycles. The molecule has 1 fully saturated rings. The number of halogens is 3. The van der Waals surface area contributed by atoms with E-state index in [4.69, 9.17) is 4.74 Å². The number of hydrogen-bond donors (Lipinski definition) is 2. The number of likely N-dealkylation sites (N-methyl/N-ethyl adjacent to an activating group) is 1. The third-order valence-electron chi connectivity index (χ3n) is 6.50. The van der Waals surface area contributed by atoms with E-state index >= 15 is 0 Å². The Bertz CT molecular complexity index is 1410. The number of pyridine rings is 1. The molecule has 2 N–H and O–H groups in total. The van der Waals surface area contributed by atoms with Gasteiger partial charge < -0.3 is 20.3 Å². The van der Waals surface area contributed by atoms with Crippen LogP contribution in [0.5, 0.6) is 5.75 Å². The van der Waals surface area contributed by atoms with Crippen molar-refractivity contribution in [2.75, 3.05) is 37.5 Å². The fraction of sp³-hybridized carbons (Fsp3) is 0.308. The molecular formula is C26H27F3N8O. The number of methoxy groups -OCH3 is 1. The maximum atomic E-state index is 14.6. The minimum Gasteiger partial charge on any atom is -0.496 e. The number of rotatable bonds is 8. The van der Waals surface area contributed by atoms with Gasteiger partial charge in [0.15, 0.2) is 5.82 Å². The van der Waals surface area contributed by atoms with Crippen molar-refractivity contribution in [3.8, 4) is 28.3 Å². The molecule has 3 aromatic heterocycles. The summed E-state index contributed by atoms with van der Waals surface area (Å²) in [4.78, 5) is 15.4. The molecule has 1 aliphatic heterocycles. The quantitative estimate of drug-likeness (QED) is 0.337. The standard InChI is InChI=1S/C26H27F3N8O/c1-30-17-5-4-10-36(15-17)20-11-23(32-13-18(20)16-12-33-37(14-16)26(28)29)34-22-8-9-31-25(35-22)24-19(27)6-3-7-21(24)38-2/h3,6-9,11-14,17,26,30H,4-5,10,15H2,1-2H3,(H,31,32,34,35)/t17-/m1/s1. The normalized spacial score (nSPS) is 15.6. The first kappa shape index (κ1) is 25.5. The summed E-state index contributed by atoms with van der Waals surface area (Å²) in [6.45, 7) is -1.17. The highest BCUT2D eigenvalue weighted by Gasteiger charge is 2.23. The van der Waals surface area contributed by atoms with Crippen LogP contribution in [0.2, 0.25) is 0 Å². The van der Waals surface area contributed by atoms with Gasteiger partial charge in [-0.15, -0.1) is 0 Å². The van der Waals surface area contributed by atoms with Crippen molar-refractivity contribution in [3.63, 3.8) is 0 Å². The number of ether oxygens (including phenoxy) is 1. The number of alkyl halides is 2. The van der Waals surface area contributed by atoms with Crippen molar-refractivity contribution >= 4 is 17.3 Å². The monoisotopic (exact) mass is 524 g/mol. The molecule has 198 valence electrons. The molecule has 1 aromatic carbocycles. The van der Waals surface area contributed by atoms with E-state index in [1.165, 1.54) is 31.8 Å². The highest BCUT2D eigenvalue weighted by Crippen LogP contribution is 2.35. The molecule has 38 heavy (non-hydrogen) atoms. The van der Waals surface area contributed by atoms with Gasteiger partial charge in [0.25, 0.3) is 0 Å². The Balaban J connectivity index is 1.50. The molecule has 12 heteroatoms. The van der Waals surface area contributed by atoms with Crippen molar-refractivity contribution in [3.05, 3.63) is 60.9 Å². The van der Waals surface area contributed by atoms with E-state index in [0.29, 0.717) is 39.2 Å². The predicted molar refractivity (Wildman–Crippen MR) is 138 cm³/mol. The van der Waals surface area contributed by atoms with Crippen LogP contribution in [-0.2, 0) is 0 Å². The molecule has 4 heterocycles. The summed E-state index contributed by atoms with van der Waals surface area (Å²) in [5.41, 5.74) is 2.23. The smallest absolute Gasteiger partial charge is 0.333 e. The topological polar surface area (TPSA) is 93.0 Å². The number of anilines is 3. The van der Waals surface area contributed by atoms with Crippen molar-refractivity contribution in [2.45, 2.75) is 25.4 Å². The Morgan fingerprint density at radius 2 is 2.00 bits per heavy atom. The molecule has 0 aliphatic carbocycles. The fourth-order valence-electron chi connectivity index (χ4n) is 4.58. The number of hydrogen-bond acceptors (Lipinski definition) is 8. The second-order valence-electron chi connectivity index (χ2n) is 8.85. The summed E-state index contributed by atoms with van der Waals surface area (Å²) >= 11 is 0. The van der Waals surface area contributed by atoms with Crippen LogP contribution in [0.25, 0.3) is 22.5 Å². The van der Waals surface area contributed by atoms with Gasteiger partial charge in [-0.2, -0.15) is 13.9 Å². The summed E-state index contributed by atoms with van der Waals surface area (Å²) in [7, 11) is 3.39. The summed E-state index contributed by atoms with van der Waals surface area (Å²) in [6.07, 6.45) is 7.91. The number of benzene rings is 1. The lowest BCUT2D eigenvalue weighted by atomic mass is 10.0. The average Bonchev–Trinajstić information content (AvgIpc) is 3.44. The van der Waals surface area contributed by atoms with Gasteiger partial charge in [-0.25, -0.2) is 24.0 Å². The van der Waals surface area contributed by atoms with Crippen LogP contribution in [0.15, 0.2) is 55.1 Å². The third-order valence-corrected chi connectivity index (χ3v) is 6.50. The zero-order chi connectivity index (χ0) is 26.6. The Morgan fingerprint density at radius 3 is 2.76 bits per heavy atom. The van der Waals surface area contributed by atoms with Gasteiger partial charge in [-0.05, 0) is 38.1 Å². The molecule has 9 nitrogen and oxygen atoms in total. The molecule has 1 atom stereocenters. The van der Waals surface area contributed by atoms with Gasteiger partial charge in [-0.1, -0.05) is 6.07 Å². The second-order valence-corrected chi connectivity index (χ2v) is 8.85. The van der Waals surface area contributed by atoms with Crippen molar-refractivity contribution in [2.24, 2.45) is 0 Å². The van der Waals surface area contributed by atoms with Crippen LogP contribution in [0.3, 0.4) is 0 Å². The number of nitrogens with zero attached hydrogens (tertiary/aromatic N) is 6. The van der Waals surface area contributed by atoms with E-state index in [1.807, 2.05) is 13.1 Å². The van der Waals surface area contributed by atoms with Gasteiger partial charge in [0.2, 0.25) is 0 Å². The largest absolute Gasteiger partial charge is 0.496 e. The lowest BCUT2D eigenvalue weighted by Crippen LogP contribution is -2.44. The van der Waals surface area contributed by atoms with Gasteiger partial charge in [0.1, 0.15) is 23.2 Å². The van der Waals surface area contributed by atoms with Crippen molar-refractivity contribution in [1.82, 2.24) is 30.0 Å². The lowest BCUT2D eigenvalue weighted by molar-refractivity contribution is 0.0566. The van der Waals surface area contributed by atoms with Crippen LogP contribution >= 0.6 is 0 Å². The maximum absolute atomic E-state index is 14.6. The number of piperidine rings is 1. The summed E-state index contributed by atoms with van der Waals surface area (Å²) in [5, 5.41) is 10.3. The highest BCUT2D eigenvalue weighted by molar-refractivity contribution is 5.80. The summed E-state index contributed by atoms with van der Waals surface area (Å²) < 4.78 is 46.9. The Kier molecular flexibility index (Phi) is 7.40. The Labute approximate surface area is 217 Å². The molecule has 0 bridgehead atoms. The van der Waals surface area contributed by atoms with Crippen LogP contribution in [0.1, 0.15) is 19.4 Å². The predicted octanol–water partition coefficient (Wildman–Crippen LogP) is 4.88. The third kappa shape index (κ3) is 5.25. The summed E-state index contributed by atoms with van der Waals surface area (Å²) in [6, 6.07) is 8.32. The van der Waals surface area contributed by atoms with E-state index in [0.717, 1.165) is 31.6 Å². The first-order chi connectivity index (χ1) is 18.5. The zero-order valence-corrected chi connectivity index (χ0v) is 20.9. The van der Waals surface area contributed by atoms with Crippen LogP contribution in [0, 0.1) is 5.82 Å². The van der Waals surface area contributed by atoms with Gasteiger partial charge in [-0.3, -0.25) is 0 Å². The zero-order valence-electron chi connectivity index (χ0n) is 20.9. The van der Waals surface area contributed by atoms with Crippen molar-refractivity contribution < 1.29 is 17.9 Å². The Morgan fingerprint density at radius 1 is 1.13 bits per heavy atom. The van der Waals surface area contributed by atoms with Crippen molar-refractivity contribution in [1.29, 1.82) is 0 Å². The van der Waals surface area contributed by atoms with Crippen LogP contribution in [0.4, 0.5) is 30.5 Å². The van der Waals surface area contributed by atoms with Gasteiger partial charge in [0.05, 0.1) is 18.9 Å². The first-order valence-corrected chi connectivity index (χ1v) is 12.1. The maximum Gasteiger partial charge on any atom is 0.333 e. The highest BCUT2D eigenvalue weighted by atomic mass is 19.3.